The first kappa shape index (κ1) is 22.3. The molecule has 4 rings (SSSR count). The molecular weight excluding hydrogens is 493 g/mol. The summed E-state index contributed by atoms with van der Waals surface area (Å²) in [6.07, 6.45) is 0. The highest BCUT2D eigenvalue weighted by Crippen LogP contribution is 2.34. The number of anilines is 1. The lowest BCUT2D eigenvalue weighted by atomic mass is 10.2. The number of ether oxygens (including phenoxy) is 1. The first-order valence-corrected chi connectivity index (χ1v) is 10.7. The van der Waals surface area contributed by atoms with Gasteiger partial charge in [0.2, 0.25) is 0 Å². The van der Waals surface area contributed by atoms with E-state index in [1.807, 2.05) is 30.3 Å². The van der Waals surface area contributed by atoms with Gasteiger partial charge < -0.3 is 10.1 Å². The molecule has 0 saturated heterocycles. The smallest absolute Gasteiger partial charge is 0.257 e. The lowest BCUT2D eigenvalue weighted by Crippen LogP contribution is -2.34. The number of thiocarbonyl (C=S) groups is 1. The van der Waals surface area contributed by atoms with Crippen molar-refractivity contribution in [2.24, 2.45) is 0 Å². The summed E-state index contributed by atoms with van der Waals surface area (Å²) in [6, 6.07) is 15.7. The Bertz CT molecular complexity index is 1320. The summed E-state index contributed by atoms with van der Waals surface area (Å²) in [7, 11) is 1.44. The van der Waals surface area contributed by atoms with E-state index >= 15 is 0 Å². The predicted molar refractivity (Wildman–Crippen MR) is 131 cm³/mol. The summed E-state index contributed by atoms with van der Waals surface area (Å²) in [6.45, 7) is 0. The third-order valence-electron chi connectivity index (χ3n) is 4.40. The second-order valence-electron chi connectivity index (χ2n) is 6.53. The molecule has 0 atom stereocenters. The number of benzene rings is 3. The van der Waals surface area contributed by atoms with Crippen molar-refractivity contribution >= 4 is 74.8 Å². The maximum atomic E-state index is 12.6. The van der Waals surface area contributed by atoms with Gasteiger partial charge in [0.05, 0.1) is 33.6 Å². The van der Waals surface area contributed by atoms with Gasteiger partial charge in [0.1, 0.15) is 11.0 Å². The van der Waals surface area contributed by atoms with Crippen molar-refractivity contribution in [2.45, 2.75) is 0 Å². The van der Waals surface area contributed by atoms with E-state index in [0.717, 1.165) is 5.69 Å². The predicted octanol–water partition coefficient (Wildman–Crippen LogP) is 5.52. The molecule has 1 aromatic heterocycles. The van der Waals surface area contributed by atoms with Gasteiger partial charge in [-0.2, -0.15) is 4.80 Å². The molecule has 3 aromatic carbocycles. The van der Waals surface area contributed by atoms with Crippen LogP contribution in [0.1, 0.15) is 10.4 Å². The van der Waals surface area contributed by atoms with Crippen molar-refractivity contribution < 1.29 is 9.53 Å². The number of rotatable bonds is 4. The Hall–Kier alpha value is -2.91. The minimum Gasteiger partial charge on any atom is -0.494 e. The number of nitrogens with one attached hydrogen (secondary N) is 2. The number of hydrogen-bond acceptors (Lipinski definition) is 5. The van der Waals surface area contributed by atoms with Crippen LogP contribution in [0.25, 0.3) is 16.7 Å². The lowest BCUT2D eigenvalue weighted by molar-refractivity contribution is 0.0977. The van der Waals surface area contributed by atoms with E-state index in [4.69, 9.17) is 51.8 Å². The Balaban J connectivity index is 1.52. The van der Waals surface area contributed by atoms with Gasteiger partial charge in [-0.3, -0.25) is 10.1 Å². The van der Waals surface area contributed by atoms with Crippen molar-refractivity contribution in [2.75, 3.05) is 12.4 Å². The molecule has 0 bridgehead atoms. The largest absolute Gasteiger partial charge is 0.494 e. The minimum atomic E-state index is -0.499. The number of amides is 1. The zero-order chi connectivity index (χ0) is 22.8. The SMILES string of the molecule is COc1c(Cl)cc(C(=O)NC(=S)Nc2cc3nn(-c4ccccc4)nc3cc2Cl)cc1Cl. The number of halogens is 3. The number of hydrogen-bond donors (Lipinski definition) is 2. The maximum absolute atomic E-state index is 12.6. The van der Waals surface area contributed by atoms with E-state index in [2.05, 4.69) is 20.8 Å². The molecule has 0 unspecified atom stereocenters. The highest BCUT2D eigenvalue weighted by Gasteiger charge is 2.16. The molecule has 1 heterocycles. The molecule has 1 amide bonds. The maximum Gasteiger partial charge on any atom is 0.257 e. The third-order valence-corrected chi connectivity index (χ3v) is 5.47. The fraction of sp³-hybridized carbons (Fsp3) is 0.0476. The highest BCUT2D eigenvalue weighted by atomic mass is 35.5. The Morgan fingerprint density at radius 1 is 0.969 bits per heavy atom. The van der Waals surface area contributed by atoms with Crippen LogP contribution in [0.5, 0.6) is 5.75 Å². The van der Waals surface area contributed by atoms with Crippen LogP contribution in [-0.2, 0) is 0 Å². The van der Waals surface area contributed by atoms with E-state index in [9.17, 15) is 4.79 Å². The molecule has 2 N–H and O–H groups in total. The van der Waals surface area contributed by atoms with Crippen molar-refractivity contribution in [1.82, 2.24) is 20.3 Å². The highest BCUT2D eigenvalue weighted by molar-refractivity contribution is 7.80. The monoisotopic (exact) mass is 505 g/mol. The molecule has 0 radical (unpaired) electrons. The number of carbonyl (C=O) groups is 1. The van der Waals surface area contributed by atoms with Gasteiger partial charge in [0.15, 0.2) is 10.9 Å². The Morgan fingerprint density at radius 2 is 1.59 bits per heavy atom. The standard InChI is InChI=1S/C21H14Cl3N5O2S/c1-31-19-14(23)7-11(8-15(19)24)20(30)26-21(32)25-16-10-18-17(9-13(16)22)27-29(28-18)12-5-3-2-4-6-12/h2-10H,1H3,(H2,25,26,30,32). The molecular formula is C21H14Cl3N5O2S. The van der Waals surface area contributed by atoms with Gasteiger partial charge >= 0.3 is 0 Å². The molecule has 0 fully saturated rings. The summed E-state index contributed by atoms with van der Waals surface area (Å²) in [4.78, 5) is 14.1. The molecule has 4 aromatic rings. The number of nitrogens with zero attached hydrogens (tertiary/aromatic N) is 3. The summed E-state index contributed by atoms with van der Waals surface area (Å²) in [5.41, 5.74) is 2.71. The van der Waals surface area contributed by atoms with Gasteiger partial charge in [-0.1, -0.05) is 53.0 Å². The van der Waals surface area contributed by atoms with Crippen LogP contribution in [0.4, 0.5) is 5.69 Å². The molecule has 162 valence electrons. The van der Waals surface area contributed by atoms with Crippen molar-refractivity contribution in [3.05, 3.63) is 75.2 Å². The van der Waals surface area contributed by atoms with Crippen LogP contribution in [-0.4, -0.2) is 33.1 Å². The molecule has 32 heavy (non-hydrogen) atoms. The number of carbonyl (C=O) groups excluding carboxylic acids is 1. The van der Waals surface area contributed by atoms with Crippen LogP contribution >= 0.6 is 47.0 Å². The van der Waals surface area contributed by atoms with Crippen LogP contribution in [0.2, 0.25) is 15.1 Å². The number of aromatic nitrogens is 3. The molecule has 7 nitrogen and oxygen atoms in total. The second kappa shape index (κ2) is 9.30. The minimum absolute atomic E-state index is 0.0368. The number of methoxy groups -OCH3 is 1. The summed E-state index contributed by atoms with van der Waals surface area (Å²) < 4.78 is 5.09. The first-order valence-electron chi connectivity index (χ1n) is 9.13. The van der Waals surface area contributed by atoms with E-state index in [-0.39, 0.29) is 26.5 Å². The molecule has 11 heteroatoms. The molecule has 0 aliphatic rings. The number of fused-ring (bicyclic) bond motifs is 1. The average Bonchev–Trinajstić information content (AvgIpc) is 3.17. The van der Waals surface area contributed by atoms with Crippen molar-refractivity contribution in [1.29, 1.82) is 0 Å². The van der Waals surface area contributed by atoms with Gasteiger partial charge in [0, 0.05) is 5.56 Å². The van der Waals surface area contributed by atoms with Gasteiger partial charge in [0.25, 0.3) is 5.91 Å². The van der Waals surface area contributed by atoms with E-state index in [0.29, 0.717) is 21.7 Å². The number of para-hydroxylation sites is 1. The normalized spacial score (nSPS) is 10.8. The summed E-state index contributed by atoms with van der Waals surface area (Å²) >= 11 is 23.8. The molecule has 0 aliphatic heterocycles. The Morgan fingerprint density at radius 3 is 2.22 bits per heavy atom. The van der Waals surface area contributed by atoms with Gasteiger partial charge in [-0.25, -0.2) is 0 Å². The molecule has 0 spiro atoms. The van der Waals surface area contributed by atoms with E-state index < -0.39 is 5.91 Å². The zero-order valence-corrected chi connectivity index (χ0v) is 19.5. The fourth-order valence-corrected chi connectivity index (χ4v) is 3.97. The average molecular weight is 507 g/mol. The lowest BCUT2D eigenvalue weighted by Gasteiger charge is -2.12. The Labute approximate surface area is 203 Å². The third kappa shape index (κ3) is 4.63. The van der Waals surface area contributed by atoms with Crippen molar-refractivity contribution in [3.63, 3.8) is 0 Å². The van der Waals surface area contributed by atoms with Crippen LogP contribution in [0.15, 0.2) is 54.6 Å². The van der Waals surface area contributed by atoms with E-state index in [1.54, 1.807) is 12.1 Å². The second-order valence-corrected chi connectivity index (χ2v) is 8.16. The quantitative estimate of drug-likeness (QED) is 0.355. The Kier molecular flexibility index (Phi) is 6.48. The van der Waals surface area contributed by atoms with Gasteiger partial charge in [-0.15, -0.1) is 10.2 Å². The first-order chi connectivity index (χ1) is 15.4. The van der Waals surface area contributed by atoms with Crippen LogP contribution < -0.4 is 15.4 Å². The van der Waals surface area contributed by atoms with Gasteiger partial charge in [-0.05, 0) is 48.6 Å². The fourth-order valence-electron chi connectivity index (χ4n) is 2.93. The van der Waals surface area contributed by atoms with E-state index in [1.165, 1.54) is 24.0 Å². The topological polar surface area (TPSA) is 81.1 Å². The summed E-state index contributed by atoms with van der Waals surface area (Å²) in [5.74, 6) is -0.213. The molecule has 0 aliphatic carbocycles. The zero-order valence-electron chi connectivity index (χ0n) is 16.4. The van der Waals surface area contributed by atoms with Crippen molar-refractivity contribution in [3.8, 4) is 11.4 Å². The molecule has 0 saturated carbocycles. The summed E-state index contributed by atoms with van der Waals surface area (Å²) in [5, 5.41) is 15.2. The van der Waals surface area contributed by atoms with Crippen LogP contribution in [0, 0.1) is 0 Å². The van der Waals surface area contributed by atoms with Crippen LogP contribution in [0.3, 0.4) is 0 Å².